The van der Waals surface area contributed by atoms with Crippen LogP contribution in [0.1, 0.15) is 11.1 Å². The van der Waals surface area contributed by atoms with Crippen LogP contribution in [0, 0.1) is 6.92 Å². The summed E-state index contributed by atoms with van der Waals surface area (Å²) in [4.78, 5) is 25.5. The average molecular weight is 453 g/mol. The smallest absolute Gasteiger partial charge is 0.416 e. The number of hydrogen-bond acceptors (Lipinski definition) is 4. The summed E-state index contributed by atoms with van der Waals surface area (Å²) in [5.74, 6) is -0.723. The van der Waals surface area contributed by atoms with E-state index in [-0.39, 0.29) is 22.6 Å². The van der Waals surface area contributed by atoms with Crippen LogP contribution in [0.2, 0.25) is 0 Å². The predicted molar refractivity (Wildman–Crippen MR) is 118 cm³/mol. The highest BCUT2D eigenvalue weighted by Crippen LogP contribution is 2.32. The van der Waals surface area contributed by atoms with E-state index in [4.69, 9.17) is 9.15 Å². The van der Waals surface area contributed by atoms with Gasteiger partial charge in [-0.15, -0.1) is 0 Å². The molecule has 0 aliphatic rings. The van der Waals surface area contributed by atoms with Gasteiger partial charge < -0.3 is 14.5 Å². The number of benzene rings is 3. The molecule has 1 amide bonds. The van der Waals surface area contributed by atoms with Crippen LogP contribution in [0.4, 0.5) is 18.9 Å². The Morgan fingerprint density at radius 1 is 1.00 bits per heavy atom. The molecular formula is C25H18F3NO4. The van der Waals surface area contributed by atoms with Crippen molar-refractivity contribution >= 4 is 22.6 Å². The van der Waals surface area contributed by atoms with Crippen molar-refractivity contribution < 1.29 is 27.1 Å². The lowest BCUT2D eigenvalue weighted by Gasteiger charge is -2.13. The highest BCUT2D eigenvalue weighted by molar-refractivity contribution is 5.92. The molecule has 0 saturated carbocycles. The van der Waals surface area contributed by atoms with Crippen molar-refractivity contribution in [3.05, 3.63) is 94.1 Å². The fourth-order valence-corrected chi connectivity index (χ4v) is 3.30. The number of aryl methyl sites for hydroxylation is 1. The Morgan fingerprint density at radius 3 is 2.48 bits per heavy atom. The summed E-state index contributed by atoms with van der Waals surface area (Å²) >= 11 is 0. The van der Waals surface area contributed by atoms with Gasteiger partial charge in [-0.2, -0.15) is 13.2 Å². The summed E-state index contributed by atoms with van der Waals surface area (Å²) in [6.07, 6.45) is -4.54. The summed E-state index contributed by atoms with van der Waals surface area (Å²) in [7, 11) is 0. The van der Waals surface area contributed by atoms with Crippen molar-refractivity contribution in [3.63, 3.8) is 0 Å². The van der Waals surface area contributed by atoms with Gasteiger partial charge in [-0.3, -0.25) is 9.59 Å². The molecule has 4 aromatic rings. The number of alkyl halides is 3. The number of halogens is 3. The largest absolute Gasteiger partial charge is 0.476 e. The highest BCUT2D eigenvalue weighted by atomic mass is 19.4. The number of hydrogen-bond donors (Lipinski definition) is 1. The second kappa shape index (κ2) is 8.82. The summed E-state index contributed by atoms with van der Waals surface area (Å²) in [5, 5.41) is 2.64. The van der Waals surface area contributed by atoms with E-state index in [1.807, 2.05) is 6.92 Å². The molecule has 3 aromatic carbocycles. The number of nitrogens with one attached hydrogen (secondary N) is 1. The molecule has 0 aliphatic heterocycles. The van der Waals surface area contributed by atoms with Gasteiger partial charge in [-0.1, -0.05) is 42.5 Å². The van der Waals surface area contributed by atoms with E-state index in [1.54, 1.807) is 48.5 Å². The first kappa shape index (κ1) is 22.1. The molecule has 4 rings (SSSR count). The molecule has 168 valence electrons. The van der Waals surface area contributed by atoms with Crippen LogP contribution >= 0.6 is 0 Å². The molecule has 0 bridgehead atoms. The quantitative estimate of drug-likeness (QED) is 0.414. The van der Waals surface area contributed by atoms with Crippen LogP contribution in [0.3, 0.4) is 0 Å². The molecule has 0 saturated heterocycles. The van der Waals surface area contributed by atoms with Crippen LogP contribution in [-0.4, -0.2) is 12.5 Å². The fourth-order valence-electron chi connectivity index (χ4n) is 3.30. The molecule has 0 atom stereocenters. The normalized spacial score (nSPS) is 11.4. The molecule has 8 heteroatoms. The SMILES string of the molecule is Cc1ccc2c(=O)c(OCC(=O)Nc3cccc(C(F)(F)F)c3)c(-c3ccccc3)oc2c1. The fraction of sp³-hybridized carbons (Fsp3) is 0.120. The van der Waals surface area contributed by atoms with Gasteiger partial charge in [0.25, 0.3) is 5.91 Å². The topological polar surface area (TPSA) is 68.5 Å². The lowest BCUT2D eigenvalue weighted by molar-refractivity contribution is -0.137. The second-order valence-electron chi connectivity index (χ2n) is 7.37. The third kappa shape index (κ3) is 4.90. The van der Waals surface area contributed by atoms with Gasteiger partial charge >= 0.3 is 6.18 Å². The zero-order valence-electron chi connectivity index (χ0n) is 17.4. The van der Waals surface area contributed by atoms with Crippen molar-refractivity contribution in [1.82, 2.24) is 0 Å². The Bertz CT molecular complexity index is 1380. The van der Waals surface area contributed by atoms with E-state index in [0.29, 0.717) is 11.1 Å². The molecule has 33 heavy (non-hydrogen) atoms. The molecule has 0 fully saturated rings. The number of carbonyl (C=O) groups excluding carboxylic acids is 1. The van der Waals surface area contributed by atoms with Gasteiger partial charge in [-0.25, -0.2) is 0 Å². The van der Waals surface area contributed by atoms with E-state index in [0.717, 1.165) is 17.7 Å². The monoisotopic (exact) mass is 453 g/mol. The average Bonchev–Trinajstić information content (AvgIpc) is 2.78. The van der Waals surface area contributed by atoms with Gasteiger partial charge in [0.1, 0.15) is 5.58 Å². The zero-order valence-corrected chi connectivity index (χ0v) is 17.4. The maximum Gasteiger partial charge on any atom is 0.416 e. The number of anilines is 1. The summed E-state index contributed by atoms with van der Waals surface area (Å²) < 4.78 is 50.2. The first-order chi connectivity index (χ1) is 15.7. The first-order valence-electron chi connectivity index (χ1n) is 9.95. The van der Waals surface area contributed by atoms with Gasteiger partial charge in [-0.05, 0) is 42.8 Å². The molecule has 0 unspecified atom stereocenters. The molecule has 0 radical (unpaired) electrons. The van der Waals surface area contributed by atoms with Crippen LogP contribution in [0.5, 0.6) is 5.75 Å². The van der Waals surface area contributed by atoms with E-state index in [1.165, 1.54) is 12.1 Å². The lowest BCUT2D eigenvalue weighted by Crippen LogP contribution is -2.23. The third-order valence-electron chi connectivity index (χ3n) is 4.86. The van der Waals surface area contributed by atoms with Gasteiger partial charge in [0, 0.05) is 11.3 Å². The number of rotatable bonds is 5. The van der Waals surface area contributed by atoms with E-state index < -0.39 is 29.7 Å². The van der Waals surface area contributed by atoms with Crippen LogP contribution in [0.15, 0.2) is 82.0 Å². The lowest BCUT2D eigenvalue weighted by atomic mass is 10.1. The van der Waals surface area contributed by atoms with Crippen LogP contribution in [0.25, 0.3) is 22.3 Å². The van der Waals surface area contributed by atoms with E-state index >= 15 is 0 Å². The van der Waals surface area contributed by atoms with Gasteiger partial charge in [0.2, 0.25) is 11.2 Å². The Balaban J connectivity index is 1.63. The molecule has 1 aromatic heterocycles. The minimum Gasteiger partial charge on any atom is -0.476 e. The minimum absolute atomic E-state index is 0.0391. The van der Waals surface area contributed by atoms with E-state index in [9.17, 15) is 22.8 Å². The summed E-state index contributed by atoms with van der Waals surface area (Å²) in [6.45, 7) is 1.27. The molecular weight excluding hydrogens is 435 g/mol. The number of ether oxygens (including phenoxy) is 1. The molecule has 1 N–H and O–H groups in total. The third-order valence-corrected chi connectivity index (χ3v) is 4.86. The van der Waals surface area contributed by atoms with Gasteiger partial charge in [0.15, 0.2) is 12.4 Å². The summed E-state index contributed by atoms with van der Waals surface area (Å²) in [5.41, 5.74) is 0.465. The van der Waals surface area contributed by atoms with Crippen molar-refractivity contribution in [3.8, 4) is 17.1 Å². The Hall–Kier alpha value is -4.07. The maximum absolute atomic E-state index is 13.1. The maximum atomic E-state index is 13.1. The van der Waals surface area contributed by atoms with Crippen molar-refractivity contribution in [2.75, 3.05) is 11.9 Å². The summed E-state index contributed by atoms with van der Waals surface area (Å²) in [6, 6.07) is 18.1. The van der Waals surface area contributed by atoms with Crippen molar-refractivity contribution in [1.29, 1.82) is 0 Å². The van der Waals surface area contributed by atoms with Crippen molar-refractivity contribution in [2.24, 2.45) is 0 Å². The van der Waals surface area contributed by atoms with E-state index in [2.05, 4.69) is 5.32 Å². The molecule has 0 aliphatic carbocycles. The minimum atomic E-state index is -4.54. The molecule has 5 nitrogen and oxygen atoms in total. The van der Waals surface area contributed by atoms with Crippen LogP contribution in [-0.2, 0) is 11.0 Å². The second-order valence-corrected chi connectivity index (χ2v) is 7.37. The Kier molecular flexibility index (Phi) is 5.91. The van der Waals surface area contributed by atoms with Crippen molar-refractivity contribution in [2.45, 2.75) is 13.1 Å². The number of fused-ring (bicyclic) bond motifs is 1. The Morgan fingerprint density at radius 2 is 1.76 bits per heavy atom. The Labute approximate surface area is 186 Å². The highest BCUT2D eigenvalue weighted by Gasteiger charge is 2.30. The number of carbonyl (C=O) groups is 1. The molecule has 1 heterocycles. The van der Waals surface area contributed by atoms with Crippen LogP contribution < -0.4 is 15.5 Å². The first-order valence-corrected chi connectivity index (χ1v) is 9.95. The number of amides is 1. The molecule has 0 spiro atoms. The standard InChI is InChI=1S/C25H18F3NO4/c1-15-10-11-19-20(12-15)33-23(16-6-3-2-4-7-16)24(22(19)31)32-14-21(30)29-18-9-5-8-17(13-18)25(26,27)28/h2-13H,14H2,1H3,(H,29,30). The van der Waals surface area contributed by atoms with Gasteiger partial charge in [0.05, 0.1) is 10.9 Å². The predicted octanol–water partition coefficient (Wildman–Crippen LogP) is 5.80. The zero-order chi connectivity index (χ0) is 23.6.